The van der Waals surface area contributed by atoms with Gasteiger partial charge in [0.05, 0.1) is 17.5 Å². The number of Topliss-reactive ketones (excluding diaryl/α,β-unsaturated/α-hetero) is 1. The van der Waals surface area contributed by atoms with Gasteiger partial charge in [0.1, 0.15) is 17.2 Å². The molecule has 1 unspecified atom stereocenters. The second kappa shape index (κ2) is 10.5. The molecule has 0 aromatic heterocycles. The predicted octanol–water partition coefficient (Wildman–Crippen LogP) is 7.25. The molecule has 176 valence electrons. The monoisotopic (exact) mass is 498 g/mol. The van der Waals surface area contributed by atoms with Crippen molar-refractivity contribution >= 4 is 35.0 Å². The molecule has 1 N–H and O–H groups in total. The van der Waals surface area contributed by atoms with Crippen molar-refractivity contribution < 1.29 is 24.2 Å². The molecule has 0 saturated carbocycles. The topological polar surface area (TPSA) is 72.8 Å². The minimum Gasteiger partial charge on any atom is -0.493 e. The maximum Gasteiger partial charge on any atom is 0.311 e. The second-order valence-corrected chi connectivity index (χ2v) is 9.18. The highest BCUT2D eigenvalue weighted by Gasteiger charge is 2.29. The van der Waals surface area contributed by atoms with Crippen molar-refractivity contribution in [1.29, 1.82) is 0 Å². The van der Waals surface area contributed by atoms with Gasteiger partial charge in [-0.05, 0) is 73.7 Å². The SMILES string of the molecule is Cc1cc(C(=O)CCCc2ccc(Cl)cc2)ccc1Oc1cc2c(cc1Cl)C(C(=O)O)CCO2. The molecule has 5 nitrogen and oxygen atoms in total. The fourth-order valence-corrected chi connectivity index (χ4v) is 4.37. The zero-order valence-electron chi connectivity index (χ0n) is 18.6. The van der Waals surface area contributed by atoms with E-state index in [1.807, 2.05) is 37.3 Å². The van der Waals surface area contributed by atoms with Crippen LogP contribution < -0.4 is 9.47 Å². The summed E-state index contributed by atoms with van der Waals surface area (Å²) in [5, 5.41) is 10.5. The number of benzene rings is 3. The Morgan fingerprint density at radius 1 is 1.06 bits per heavy atom. The van der Waals surface area contributed by atoms with Crippen molar-refractivity contribution in [3.8, 4) is 17.2 Å². The molecule has 7 heteroatoms. The molecular formula is C27H24Cl2O5. The number of hydrogen-bond acceptors (Lipinski definition) is 4. The normalized spacial score (nSPS) is 14.7. The van der Waals surface area contributed by atoms with Crippen LogP contribution in [0.3, 0.4) is 0 Å². The maximum atomic E-state index is 12.7. The first-order valence-corrected chi connectivity index (χ1v) is 11.8. The zero-order chi connectivity index (χ0) is 24.2. The second-order valence-electron chi connectivity index (χ2n) is 8.33. The summed E-state index contributed by atoms with van der Waals surface area (Å²) in [7, 11) is 0. The van der Waals surface area contributed by atoms with Gasteiger partial charge < -0.3 is 14.6 Å². The van der Waals surface area contributed by atoms with E-state index in [0.29, 0.717) is 57.9 Å². The Morgan fingerprint density at radius 2 is 1.82 bits per heavy atom. The Morgan fingerprint density at radius 3 is 2.53 bits per heavy atom. The van der Waals surface area contributed by atoms with E-state index in [0.717, 1.165) is 24.0 Å². The van der Waals surface area contributed by atoms with Crippen LogP contribution in [0.25, 0.3) is 0 Å². The molecule has 3 aromatic carbocycles. The zero-order valence-corrected chi connectivity index (χ0v) is 20.2. The molecule has 0 amide bonds. The Labute approximate surface area is 208 Å². The van der Waals surface area contributed by atoms with Crippen molar-refractivity contribution in [2.24, 2.45) is 0 Å². The van der Waals surface area contributed by atoms with Crippen LogP contribution >= 0.6 is 23.2 Å². The Balaban J connectivity index is 1.42. The molecule has 4 rings (SSSR count). The number of carbonyl (C=O) groups excluding carboxylic acids is 1. The van der Waals surface area contributed by atoms with E-state index in [1.54, 1.807) is 24.3 Å². The van der Waals surface area contributed by atoms with Gasteiger partial charge in [-0.25, -0.2) is 0 Å². The number of aryl methyl sites for hydroxylation is 2. The fraction of sp³-hybridized carbons (Fsp3) is 0.259. The number of fused-ring (bicyclic) bond motifs is 1. The van der Waals surface area contributed by atoms with Crippen LogP contribution in [-0.4, -0.2) is 23.5 Å². The summed E-state index contributed by atoms with van der Waals surface area (Å²) >= 11 is 12.3. The number of rotatable bonds is 8. The first-order chi connectivity index (χ1) is 16.3. The lowest BCUT2D eigenvalue weighted by molar-refractivity contribution is -0.139. The number of halogens is 2. The average molecular weight is 499 g/mol. The molecule has 1 atom stereocenters. The van der Waals surface area contributed by atoms with E-state index in [1.165, 1.54) is 0 Å². The predicted molar refractivity (Wildman–Crippen MR) is 132 cm³/mol. The average Bonchev–Trinajstić information content (AvgIpc) is 2.81. The molecule has 0 fully saturated rings. The first-order valence-electron chi connectivity index (χ1n) is 11.1. The minimum absolute atomic E-state index is 0.0727. The third kappa shape index (κ3) is 5.54. The van der Waals surface area contributed by atoms with Crippen molar-refractivity contribution in [3.05, 3.63) is 86.9 Å². The third-order valence-electron chi connectivity index (χ3n) is 5.90. The molecule has 1 aliphatic heterocycles. The van der Waals surface area contributed by atoms with Gasteiger partial charge in [0.15, 0.2) is 5.78 Å². The molecule has 0 aliphatic carbocycles. The van der Waals surface area contributed by atoms with E-state index in [2.05, 4.69) is 0 Å². The van der Waals surface area contributed by atoms with Crippen LogP contribution in [0.5, 0.6) is 17.2 Å². The smallest absolute Gasteiger partial charge is 0.311 e. The molecule has 1 heterocycles. The van der Waals surface area contributed by atoms with Gasteiger partial charge in [-0.3, -0.25) is 9.59 Å². The molecule has 3 aromatic rings. The van der Waals surface area contributed by atoms with E-state index < -0.39 is 11.9 Å². The summed E-state index contributed by atoms with van der Waals surface area (Å²) in [6, 6.07) is 16.2. The lowest BCUT2D eigenvalue weighted by Gasteiger charge is -2.24. The van der Waals surface area contributed by atoms with E-state index >= 15 is 0 Å². The molecule has 0 radical (unpaired) electrons. The molecule has 0 bridgehead atoms. The largest absolute Gasteiger partial charge is 0.493 e. The van der Waals surface area contributed by atoms with Crippen LogP contribution in [-0.2, 0) is 11.2 Å². The molecular weight excluding hydrogens is 475 g/mol. The third-order valence-corrected chi connectivity index (χ3v) is 6.45. The van der Waals surface area contributed by atoms with Crippen LogP contribution in [0, 0.1) is 6.92 Å². The number of ketones is 1. The standard InChI is InChI=1S/C27H24Cl2O5/c1-16-13-18(23(30)4-2-3-17-5-8-19(28)9-6-17)7-10-24(16)34-26-15-25-21(14-22(26)29)20(27(31)32)11-12-33-25/h5-10,13-15,20H,2-4,11-12H2,1H3,(H,31,32). The van der Waals surface area contributed by atoms with Crippen molar-refractivity contribution in [3.63, 3.8) is 0 Å². The molecule has 0 saturated heterocycles. The quantitative estimate of drug-likeness (QED) is 0.331. The van der Waals surface area contributed by atoms with Gasteiger partial charge >= 0.3 is 5.97 Å². The van der Waals surface area contributed by atoms with Crippen LogP contribution in [0.2, 0.25) is 10.0 Å². The van der Waals surface area contributed by atoms with E-state index in [4.69, 9.17) is 32.7 Å². The summed E-state index contributed by atoms with van der Waals surface area (Å²) in [5.41, 5.74) is 3.12. The van der Waals surface area contributed by atoms with Crippen molar-refractivity contribution in [1.82, 2.24) is 0 Å². The van der Waals surface area contributed by atoms with Gasteiger partial charge in [-0.15, -0.1) is 0 Å². The number of carboxylic acids is 1. The Bertz CT molecular complexity index is 1220. The number of carboxylic acid groups (broad SMARTS) is 1. The van der Waals surface area contributed by atoms with Gasteiger partial charge in [0.2, 0.25) is 0 Å². The van der Waals surface area contributed by atoms with Crippen LogP contribution in [0.1, 0.15) is 52.2 Å². The number of hydrogen-bond donors (Lipinski definition) is 1. The molecule has 34 heavy (non-hydrogen) atoms. The summed E-state index contributed by atoms with van der Waals surface area (Å²) in [6.07, 6.45) is 2.40. The Kier molecular flexibility index (Phi) is 7.44. The van der Waals surface area contributed by atoms with Gasteiger partial charge in [-0.2, -0.15) is 0 Å². The van der Waals surface area contributed by atoms with Crippen LogP contribution in [0.4, 0.5) is 0 Å². The number of ether oxygens (including phenoxy) is 2. The first kappa shape index (κ1) is 24.1. The summed E-state index contributed by atoms with van der Waals surface area (Å²) in [5.74, 6) is -0.0888. The highest BCUT2D eigenvalue weighted by atomic mass is 35.5. The minimum atomic E-state index is -0.904. The van der Waals surface area contributed by atoms with E-state index in [-0.39, 0.29) is 5.78 Å². The van der Waals surface area contributed by atoms with Crippen molar-refractivity contribution in [2.75, 3.05) is 6.61 Å². The lowest BCUT2D eigenvalue weighted by atomic mass is 9.93. The highest BCUT2D eigenvalue weighted by Crippen LogP contribution is 2.42. The van der Waals surface area contributed by atoms with Gasteiger partial charge in [0, 0.05) is 28.6 Å². The number of carbonyl (C=O) groups is 2. The number of aliphatic carboxylic acids is 1. The molecule has 1 aliphatic rings. The summed E-state index contributed by atoms with van der Waals surface area (Å²) in [4.78, 5) is 24.2. The van der Waals surface area contributed by atoms with Crippen molar-refractivity contribution in [2.45, 2.75) is 38.5 Å². The summed E-state index contributed by atoms with van der Waals surface area (Å²) in [6.45, 7) is 2.18. The summed E-state index contributed by atoms with van der Waals surface area (Å²) < 4.78 is 11.6. The lowest BCUT2D eigenvalue weighted by Crippen LogP contribution is -2.20. The Hall–Kier alpha value is -3.02. The van der Waals surface area contributed by atoms with Gasteiger partial charge in [-0.1, -0.05) is 35.3 Å². The van der Waals surface area contributed by atoms with Crippen LogP contribution in [0.15, 0.2) is 54.6 Å². The molecule has 0 spiro atoms. The van der Waals surface area contributed by atoms with E-state index in [9.17, 15) is 14.7 Å². The van der Waals surface area contributed by atoms with Gasteiger partial charge in [0.25, 0.3) is 0 Å². The highest BCUT2D eigenvalue weighted by molar-refractivity contribution is 6.32. The maximum absolute atomic E-state index is 12.7. The fourth-order valence-electron chi connectivity index (χ4n) is 4.03.